The summed E-state index contributed by atoms with van der Waals surface area (Å²) in [5.74, 6) is -1.09. The summed E-state index contributed by atoms with van der Waals surface area (Å²) in [5, 5.41) is 9.15. The molecule has 0 heterocycles. The molecule has 1 aromatic rings. The number of allylic oxidation sites excluding steroid dienone is 1. The van der Waals surface area contributed by atoms with Crippen molar-refractivity contribution in [1.29, 1.82) is 0 Å². The second-order valence-electron chi connectivity index (χ2n) is 4.30. The molecule has 2 heteroatoms. The SMILES string of the molecule is CCCCC(/C=C(\C)c1ccccc1)C(=O)O. The van der Waals surface area contributed by atoms with Crippen molar-refractivity contribution in [3.05, 3.63) is 42.0 Å². The molecule has 0 aromatic heterocycles. The van der Waals surface area contributed by atoms with Crippen molar-refractivity contribution >= 4 is 11.5 Å². The molecule has 0 spiro atoms. The van der Waals surface area contributed by atoms with E-state index < -0.39 is 5.97 Å². The van der Waals surface area contributed by atoms with Crippen LogP contribution >= 0.6 is 0 Å². The van der Waals surface area contributed by atoms with Crippen LogP contribution in [0.15, 0.2) is 36.4 Å². The Balaban J connectivity index is 2.79. The van der Waals surface area contributed by atoms with E-state index in [1.54, 1.807) is 0 Å². The first-order chi connectivity index (χ1) is 8.15. The quantitative estimate of drug-likeness (QED) is 0.805. The number of carboxylic acid groups (broad SMARTS) is 1. The zero-order chi connectivity index (χ0) is 12.7. The minimum Gasteiger partial charge on any atom is -0.481 e. The average Bonchev–Trinajstić information content (AvgIpc) is 2.35. The number of benzene rings is 1. The number of unbranched alkanes of at least 4 members (excludes halogenated alkanes) is 1. The van der Waals surface area contributed by atoms with Crippen LogP contribution < -0.4 is 0 Å². The summed E-state index contributed by atoms with van der Waals surface area (Å²) in [7, 11) is 0. The van der Waals surface area contributed by atoms with Gasteiger partial charge in [0.15, 0.2) is 0 Å². The summed E-state index contributed by atoms with van der Waals surface area (Å²) in [5.41, 5.74) is 2.13. The van der Waals surface area contributed by atoms with Crippen LogP contribution in [0.1, 0.15) is 38.7 Å². The highest BCUT2D eigenvalue weighted by molar-refractivity contribution is 5.76. The van der Waals surface area contributed by atoms with Gasteiger partial charge in [0.05, 0.1) is 5.92 Å². The van der Waals surface area contributed by atoms with Gasteiger partial charge in [0, 0.05) is 0 Å². The van der Waals surface area contributed by atoms with Gasteiger partial charge >= 0.3 is 5.97 Å². The fourth-order valence-electron chi connectivity index (χ4n) is 1.80. The summed E-state index contributed by atoms with van der Waals surface area (Å²) in [6.45, 7) is 4.05. The summed E-state index contributed by atoms with van der Waals surface area (Å²) in [4.78, 5) is 11.1. The Morgan fingerprint density at radius 3 is 2.53 bits per heavy atom. The van der Waals surface area contributed by atoms with Gasteiger partial charge < -0.3 is 5.11 Å². The first-order valence-corrected chi connectivity index (χ1v) is 6.11. The van der Waals surface area contributed by atoms with Crippen LogP contribution in [0.5, 0.6) is 0 Å². The molecule has 1 aromatic carbocycles. The van der Waals surface area contributed by atoms with Crippen LogP contribution in [0.25, 0.3) is 5.57 Å². The van der Waals surface area contributed by atoms with Crippen molar-refractivity contribution in [3.8, 4) is 0 Å². The monoisotopic (exact) mass is 232 g/mol. The van der Waals surface area contributed by atoms with Crippen molar-refractivity contribution in [3.63, 3.8) is 0 Å². The Bertz CT molecular complexity index is 379. The van der Waals surface area contributed by atoms with E-state index in [1.165, 1.54) is 0 Å². The van der Waals surface area contributed by atoms with Gasteiger partial charge in [-0.1, -0.05) is 56.2 Å². The van der Waals surface area contributed by atoms with E-state index in [0.29, 0.717) is 0 Å². The molecule has 1 atom stereocenters. The minimum absolute atomic E-state index is 0.366. The minimum atomic E-state index is -0.728. The lowest BCUT2D eigenvalue weighted by Gasteiger charge is -2.09. The number of carbonyl (C=O) groups is 1. The number of carboxylic acids is 1. The lowest BCUT2D eigenvalue weighted by atomic mass is 9.97. The first kappa shape index (κ1) is 13.5. The highest BCUT2D eigenvalue weighted by Gasteiger charge is 2.14. The van der Waals surface area contributed by atoms with Gasteiger partial charge in [-0.25, -0.2) is 0 Å². The van der Waals surface area contributed by atoms with Gasteiger partial charge in [-0.2, -0.15) is 0 Å². The Morgan fingerprint density at radius 2 is 2.00 bits per heavy atom. The van der Waals surface area contributed by atoms with Crippen molar-refractivity contribution in [2.75, 3.05) is 0 Å². The third-order valence-corrected chi connectivity index (χ3v) is 2.87. The van der Waals surface area contributed by atoms with Gasteiger partial charge in [0.2, 0.25) is 0 Å². The molecule has 0 fully saturated rings. The lowest BCUT2D eigenvalue weighted by Crippen LogP contribution is -2.11. The predicted molar refractivity (Wildman–Crippen MR) is 70.7 cm³/mol. The molecule has 92 valence electrons. The van der Waals surface area contributed by atoms with E-state index in [1.807, 2.05) is 43.3 Å². The molecule has 0 aliphatic heterocycles. The predicted octanol–water partition coefficient (Wildman–Crippen LogP) is 3.98. The molecule has 1 unspecified atom stereocenters. The summed E-state index contributed by atoms with van der Waals surface area (Å²) in [6, 6.07) is 9.90. The van der Waals surface area contributed by atoms with E-state index in [-0.39, 0.29) is 5.92 Å². The second-order valence-corrected chi connectivity index (χ2v) is 4.30. The highest BCUT2D eigenvalue weighted by atomic mass is 16.4. The molecule has 0 saturated carbocycles. The Morgan fingerprint density at radius 1 is 1.35 bits per heavy atom. The van der Waals surface area contributed by atoms with Gasteiger partial charge in [0.25, 0.3) is 0 Å². The molecule has 1 rings (SSSR count). The number of aliphatic carboxylic acids is 1. The molecule has 0 bridgehead atoms. The van der Waals surface area contributed by atoms with Gasteiger partial charge in [-0.15, -0.1) is 0 Å². The van der Waals surface area contributed by atoms with E-state index in [9.17, 15) is 4.79 Å². The fourth-order valence-corrected chi connectivity index (χ4v) is 1.80. The zero-order valence-electron chi connectivity index (χ0n) is 10.5. The lowest BCUT2D eigenvalue weighted by molar-refractivity contribution is -0.140. The molecular weight excluding hydrogens is 212 g/mol. The average molecular weight is 232 g/mol. The largest absolute Gasteiger partial charge is 0.481 e. The van der Waals surface area contributed by atoms with Crippen LogP contribution in [-0.4, -0.2) is 11.1 Å². The van der Waals surface area contributed by atoms with Crippen molar-refractivity contribution in [2.24, 2.45) is 5.92 Å². The fraction of sp³-hybridized carbons (Fsp3) is 0.400. The molecular formula is C15H20O2. The number of hydrogen-bond acceptors (Lipinski definition) is 1. The molecule has 17 heavy (non-hydrogen) atoms. The molecule has 1 N–H and O–H groups in total. The Hall–Kier alpha value is -1.57. The normalized spacial score (nSPS) is 13.4. The smallest absolute Gasteiger partial charge is 0.310 e. The molecule has 0 aliphatic carbocycles. The third kappa shape index (κ3) is 4.43. The van der Waals surface area contributed by atoms with Crippen LogP contribution in [0, 0.1) is 5.92 Å². The van der Waals surface area contributed by atoms with Crippen LogP contribution in [-0.2, 0) is 4.79 Å². The van der Waals surface area contributed by atoms with E-state index >= 15 is 0 Å². The second kappa shape index (κ2) is 6.89. The third-order valence-electron chi connectivity index (χ3n) is 2.87. The number of rotatable bonds is 6. The van der Waals surface area contributed by atoms with Gasteiger partial charge in [0.1, 0.15) is 0 Å². The van der Waals surface area contributed by atoms with Gasteiger partial charge in [-0.3, -0.25) is 4.79 Å². The summed E-state index contributed by atoms with van der Waals surface area (Å²) in [6.07, 6.45) is 4.57. The highest BCUT2D eigenvalue weighted by Crippen LogP contribution is 2.19. The zero-order valence-corrected chi connectivity index (χ0v) is 10.5. The summed E-state index contributed by atoms with van der Waals surface area (Å²) >= 11 is 0. The van der Waals surface area contributed by atoms with Crippen LogP contribution in [0.4, 0.5) is 0 Å². The van der Waals surface area contributed by atoms with Crippen molar-refractivity contribution in [2.45, 2.75) is 33.1 Å². The summed E-state index contributed by atoms with van der Waals surface area (Å²) < 4.78 is 0. The van der Waals surface area contributed by atoms with Crippen molar-refractivity contribution in [1.82, 2.24) is 0 Å². The maximum atomic E-state index is 11.1. The van der Waals surface area contributed by atoms with Crippen LogP contribution in [0.2, 0.25) is 0 Å². The number of hydrogen-bond donors (Lipinski definition) is 1. The van der Waals surface area contributed by atoms with E-state index in [0.717, 1.165) is 30.4 Å². The first-order valence-electron chi connectivity index (χ1n) is 6.11. The topological polar surface area (TPSA) is 37.3 Å². The Labute approximate surface area is 103 Å². The molecule has 2 nitrogen and oxygen atoms in total. The van der Waals surface area contributed by atoms with Crippen LogP contribution in [0.3, 0.4) is 0 Å². The molecule has 0 saturated heterocycles. The van der Waals surface area contributed by atoms with Gasteiger partial charge in [-0.05, 0) is 24.5 Å². The molecule has 0 radical (unpaired) electrons. The Kier molecular flexibility index (Phi) is 5.47. The molecule has 0 amide bonds. The maximum Gasteiger partial charge on any atom is 0.310 e. The molecule has 0 aliphatic rings. The van der Waals surface area contributed by atoms with E-state index in [4.69, 9.17) is 5.11 Å². The van der Waals surface area contributed by atoms with Crippen molar-refractivity contribution < 1.29 is 9.90 Å². The standard InChI is InChI=1S/C15H20O2/c1-3-4-8-14(15(16)17)11-12(2)13-9-6-5-7-10-13/h5-7,9-11,14H,3-4,8H2,1-2H3,(H,16,17)/b12-11+. The maximum absolute atomic E-state index is 11.1. The van der Waals surface area contributed by atoms with E-state index in [2.05, 4.69) is 6.92 Å².